The molecule has 0 saturated heterocycles. The van der Waals surface area contributed by atoms with Crippen molar-refractivity contribution in [3.8, 4) is 0 Å². The first-order valence-corrected chi connectivity index (χ1v) is 6.61. The maximum absolute atomic E-state index is 13.9. The Balaban J connectivity index is 2.61. The summed E-state index contributed by atoms with van der Waals surface area (Å²) in [7, 11) is 1.86. The van der Waals surface area contributed by atoms with Crippen LogP contribution in [0.5, 0.6) is 0 Å². The van der Waals surface area contributed by atoms with E-state index in [0.717, 1.165) is 16.9 Å². The van der Waals surface area contributed by atoms with Gasteiger partial charge in [-0.15, -0.1) is 11.8 Å². The third kappa shape index (κ3) is 1.85. The molecule has 0 fully saturated rings. The normalized spacial score (nSPS) is 22.9. The van der Waals surface area contributed by atoms with Gasteiger partial charge in [0.1, 0.15) is 5.82 Å². The lowest BCUT2D eigenvalue weighted by molar-refractivity contribution is 0.449. The lowest BCUT2D eigenvalue weighted by Crippen LogP contribution is -2.39. The van der Waals surface area contributed by atoms with Gasteiger partial charge in [-0.1, -0.05) is 11.6 Å². The van der Waals surface area contributed by atoms with Gasteiger partial charge in [0.2, 0.25) is 0 Å². The summed E-state index contributed by atoms with van der Waals surface area (Å²) in [6.07, 6.45) is 0. The van der Waals surface area contributed by atoms with Crippen LogP contribution >= 0.6 is 23.4 Å². The van der Waals surface area contributed by atoms with Gasteiger partial charge in [0.15, 0.2) is 0 Å². The predicted octanol–water partition coefficient (Wildman–Crippen LogP) is 3.77. The highest BCUT2D eigenvalue weighted by atomic mass is 35.5. The molecule has 0 bridgehead atoms. The van der Waals surface area contributed by atoms with Gasteiger partial charge in [0.25, 0.3) is 0 Å². The van der Waals surface area contributed by atoms with Crippen molar-refractivity contribution in [2.75, 3.05) is 7.05 Å². The Hall–Kier alpha value is -0.250. The smallest absolute Gasteiger partial charge is 0.128 e. The van der Waals surface area contributed by atoms with Crippen LogP contribution < -0.4 is 5.32 Å². The molecule has 1 unspecified atom stereocenters. The molecular weight excluding hydrogens is 245 g/mol. The Morgan fingerprint density at radius 3 is 2.81 bits per heavy atom. The number of hydrogen-bond acceptors (Lipinski definition) is 2. The summed E-state index contributed by atoms with van der Waals surface area (Å²) in [5.41, 5.74) is 1.67. The van der Waals surface area contributed by atoms with E-state index in [1.807, 2.05) is 7.05 Å². The van der Waals surface area contributed by atoms with Crippen molar-refractivity contribution in [1.82, 2.24) is 5.32 Å². The van der Waals surface area contributed by atoms with E-state index in [4.69, 9.17) is 11.6 Å². The third-order valence-electron chi connectivity index (χ3n) is 3.11. The average Bonchev–Trinajstić information content (AvgIpc) is 2.22. The number of rotatable bonds is 1. The Kier molecular flexibility index (Phi) is 3.21. The van der Waals surface area contributed by atoms with Crippen LogP contribution in [-0.2, 0) is 5.75 Å². The van der Waals surface area contributed by atoms with Crippen LogP contribution in [0.4, 0.5) is 4.39 Å². The first kappa shape index (κ1) is 12.2. The van der Waals surface area contributed by atoms with Gasteiger partial charge in [-0.3, -0.25) is 0 Å². The molecular formula is C12H15ClFNS. The monoisotopic (exact) mass is 259 g/mol. The Bertz CT molecular complexity index is 420. The predicted molar refractivity (Wildman–Crippen MR) is 68.6 cm³/mol. The largest absolute Gasteiger partial charge is 0.312 e. The van der Waals surface area contributed by atoms with Gasteiger partial charge in [0.05, 0.1) is 0 Å². The summed E-state index contributed by atoms with van der Waals surface area (Å²) in [4.78, 5) is 0. The minimum Gasteiger partial charge on any atom is -0.312 e. The molecule has 1 N–H and O–H groups in total. The highest BCUT2D eigenvalue weighted by Crippen LogP contribution is 2.47. The molecule has 4 heteroatoms. The Morgan fingerprint density at radius 1 is 1.50 bits per heavy atom. The molecule has 0 spiro atoms. The van der Waals surface area contributed by atoms with Gasteiger partial charge in [0, 0.05) is 27.1 Å². The summed E-state index contributed by atoms with van der Waals surface area (Å²) in [6.45, 7) is 4.25. The molecule has 1 nitrogen and oxygen atoms in total. The zero-order valence-electron chi connectivity index (χ0n) is 9.60. The molecule has 88 valence electrons. The third-order valence-corrected chi connectivity index (χ3v) is 4.87. The van der Waals surface area contributed by atoms with Gasteiger partial charge < -0.3 is 5.32 Å². The topological polar surface area (TPSA) is 12.0 Å². The van der Waals surface area contributed by atoms with Crippen molar-refractivity contribution in [2.45, 2.75) is 30.4 Å². The van der Waals surface area contributed by atoms with Crippen LogP contribution in [0.15, 0.2) is 12.1 Å². The molecule has 2 rings (SSSR count). The highest BCUT2D eigenvalue weighted by Gasteiger charge is 2.38. The molecule has 1 aliphatic rings. The molecule has 16 heavy (non-hydrogen) atoms. The SMILES string of the molecule is CNC1c2c(F)ccc(Cl)c2CSC1(C)C. The van der Waals surface area contributed by atoms with E-state index in [9.17, 15) is 4.39 Å². The molecule has 1 aromatic rings. The number of benzene rings is 1. The van der Waals surface area contributed by atoms with Gasteiger partial charge in [-0.25, -0.2) is 4.39 Å². The lowest BCUT2D eigenvalue weighted by Gasteiger charge is -2.39. The van der Waals surface area contributed by atoms with E-state index in [2.05, 4.69) is 19.2 Å². The molecule has 1 atom stereocenters. The summed E-state index contributed by atoms with van der Waals surface area (Å²) < 4.78 is 13.9. The molecule has 0 amide bonds. The molecule has 1 aliphatic heterocycles. The minimum atomic E-state index is -0.160. The zero-order chi connectivity index (χ0) is 11.9. The molecule has 0 aromatic heterocycles. The maximum Gasteiger partial charge on any atom is 0.128 e. The second kappa shape index (κ2) is 4.21. The minimum absolute atomic E-state index is 0.0000463. The summed E-state index contributed by atoms with van der Waals surface area (Å²) in [5.74, 6) is 0.615. The molecule has 1 aromatic carbocycles. The summed E-state index contributed by atoms with van der Waals surface area (Å²) in [6, 6.07) is 3.10. The first-order valence-electron chi connectivity index (χ1n) is 5.25. The van der Waals surface area contributed by atoms with Crippen LogP contribution in [0.1, 0.15) is 31.0 Å². The van der Waals surface area contributed by atoms with Crippen molar-refractivity contribution < 1.29 is 4.39 Å². The zero-order valence-corrected chi connectivity index (χ0v) is 11.2. The summed E-state index contributed by atoms with van der Waals surface area (Å²) in [5, 5.41) is 3.87. The van der Waals surface area contributed by atoms with Gasteiger partial charge in [-0.2, -0.15) is 0 Å². The molecule has 1 heterocycles. The van der Waals surface area contributed by atoms with Crippen molar-refractivity contribution in [3.63, 3.8) is 0 Å². The molecule has 0 radical (unpaired) electrons. The number of halogens is 2. The number of hydrogen-bond donors (Lipinski definition) is 1. The number of nitrogens with one attached hydrogen (secondary N) is 1. The fourth-order valence-corrected chi connectivity index (χ4v) is 3.79. The summed E-state index contributed by atoms with van der Waals surface area (Å²) >= 11 is 7.93. The van der Waals surface area contributed by atoms with E-state index in [1.54, 1.807) is 17.8 Å². The van der Waals surface area contributed by atoms with Gasteiger partial charge >= 0.3 is 0 Å². The lowest BCUT2D eigenvalue weighted by atomic mass is 9.91. The second-order valence-corrected chi connectivity index (χ2v) is 6.57. The van der Waals surface area contributed by atoms with E-state index in [-0.39, 0.29) is 16.6 Å². The Labute approximate surface area is 105 Å². The fourth-order valence-electron chi connectivity index (χ4n) is 2.25. The molecule has 0 saturated carbocycles. The average molecular weight is 260 g/mol. The Morgan fingerprint density at radius 2 is 2.19 bits per heavy atom. The number of thioether (sulfide) groups is 1. The molecule has 0 aliphatic carbocycles. The van der Waals surface area contributed by atoms with Crippen molar-refractivity contribution in [1.29, 1.82) is 0 Å². The second-order valence-electron chi connectivity index (χ2n) is 4.54. The van der Waals surface area contributed by atoms with Crippen LogP contribution in [0.2, 0.25) is 5.02 Å². The first-order chi connectivity index (χ1) is 7.47. The quantitative estimate of drug-likeness (QED) is 0.824. The van der Waals surface area contributed by atoms with Crippen molar-refractivity contribution in [2.24, 2.45) is 0 Å². The van der Waals surface area contributed by atoms with E-state index in [0.29, 0.717) is 5.02 Å². The van der Waals surface area contributed by atoms with E-state index in [1.165, 1.54) is 6.07 Å². The van der Waals surface area contributed by atoms with E-state index < -0.39 is 0 Å². The van der Waals surface area contributed by atoms with Gasteiger partial charge in [-0.05, 0) is 38.6 Å². The van der Waals surface area contributed by atoms with Crippen LogP contribution in [0.3, 0.4) is 0 Å². The van der Waals surface area contributed by atoms with Crippen LogP contribution in [0, 0.1) is 5.82 Å². The van der Waals surface area contributed by atoms with Crippen LogP contribution in [-0.4, -0.2) is 11.8 Å². The standard InChI is InChI=1S/C12H15ClFNS/c1-12(2)11(15-3)10-7(6-16-12)8(13)4-5-9(10)14/h4-5,11,15H,6H2,1-3H3. The fraction of sp³-hybridized carbons (Fsp3) is 0.500. The van der Waals surface area contributed by atoms with Crippen molar-refractivity contribution >= 4 is 23.4 Å². The maximum atomic E-state index is 13.9. The van der Waals surface area contributed by atoms with Crippen LogP contribution in [0.25, 0.3) is 0 Å². The van der Waals surface area contributed by atoms with Crippen molar-refractivity contribution in [3.05, 3.63) is 34.1 Å². The highest BCUT2D eigenvalue weighted by molar-refractivity contribution is 8.00. The van der Waals surface area contributed by atoms with E-state index >= 15 is 0 Å². The number of fused-ring (bicyclic) bond motifs is 1.